The molecule has 142 valence electrons. The molecule has 1 aromatic carbocycles. The second kappa shape index (κ2) is 7.74. The number of thiophene rings is 1. The van der Waals surface area contributed by atoms with Gasteiger partial charge in [-0.05, 0) is 25.5 Å². The van der Waals surface area contributed by atoms with Crippen LogP contribution in [0.5, 0.6) is 0 Å². The zero-order valence-corrected chi connectivity index (χ0v) is 16.9. The predicted octanol–water partition coefficient (Wildman–Crippen LogP) is 3.45. The summed E-state index contributed by atoms with van der Waals surface area (Å²) in [5, 5.41) is 3.25. The maximum atomic E-state index is 12.8. The van der Waals surface area contributed by atoms with E-state index in [0.29, 0.717) is 22.7 Å². The Morgan fingerprint density at radius 2 is 2.00 bits per heavy atom. The summed E-state index contributed by atoms with van der Waals surface area (Å²) in [6, 6.07) is 10.7. The number of carbonyl (C=O) groups is 3. The molecule has 8 heteroatoms. The number of amides is 2. The van der Waals surface area contributed by atoms with E-state index in [1.807, 2.05) is 44.2 Å². The number of carbonyl (C=O) groups excluding carboxylic acids is 3. The normalized spacial score (nSPS) is 18.2. The highest BCUT2D eigenvalue weighted by atomic mass is 32.2. The molecule has 3 rings (SSSR count). The van der Waals surface area contributed by atoms with Gasteiger partial charge in [0.05, 0.1) is 17.5 Å². The van der Waals surface area contributed by atoms with Gasteiger partial charge in [0.15, 0.2) is 0 Å². The molecule has 2 amide bonds. The van der Waals surface area contributed by atoms with Crippen molar-refractivity contribution in [3.63, 3.8) is 0 Å². The highest BCUT2D eigenvalue weighted by Crippen LogP contribution is 2.39. The van der Waals surface area contributed by atoms with Crippen molar-refractivity contribution in [2.45, 2.75) is 24.8 Å². The summed E-state index contributed by atoms with van der Waals surface area (Å²) in [6.07, 6.45) is 0.704. The van der Waals surface area contributed by atoms with E-state index in [9.17, 15) is 14.4 Å². The van der Waals surface area contributed by atoms with Crippen LogP contribution in [0.15, 0.2) is 36.4 Å². The zero-order chi connectivity index (χ0) is 19.6. The quantitative estimate of drug-likeness (QED) is 0.610. The van der Waals surface area contributed by atoms with Gasteiger partial charge in [0.1, 0.15) is 11.0 Å². The molecule has 2 aromatic rings. The van der Waals surface area contributed by atoms with Crippen molar-refractivity contribution < 1.29 is 19.1 Å². The Balaban J connectivity index is 1.89. The van der Waals surface area contributed by atoms with Crippen LogP contribution in [-0.2, 0) is 14.3 Å². The minimum atomic E-state index is -0.588. The molecule has 1 fully saturated rings. The van der Waals surface area contributed by atoms with Crippen molar-refractivity contribution in [1.82, 2.24) is 4.90 Å². The molecule has 0 spiro atoms. The van der Waals surface area contributed by atoms with Gasteiger partial charge in [-0.2, -0.15) is 0 Å². The Morgan fingerprint density at radius 3 is 2.63 bits per heavy atom. The monoisotopic (exact) mass is 404 g/mol. The number of nitrogens with one attached hydrogen (secondary N) is 1. The molecular formula is C19H20N2O4S2. The van der Waals surface area contributed by atoms with Crippen LogP contribution in [0.3, 0.4) is 0 Å². The molecule has 1 atom stereocenters. The standard InChI is InChI=1S/C19H20N2O4S2/c1-19(2)21(11-22)14(10-26-19)16(23)20-17-13(18(24)25-3)9-15(27-17)12-7-5-4-6-8-12/h4-9,11,14H,10H2,1-3H3,(H,20,23). The van der Waals surface area contributed by atoms with Crippen LogP contribution in [0.1, 0.15) is 24.2 Å². The smallest absolute Gasteiger partial charge is 0.340 e. The van der Waals surface area contributed by atoms with E-state index in [0.717, 1.165) is 10.4 Å². The maximum Gasteiger partial charge on any atom is 0.340 e. The third-order valence-corrected chi connectivity index (χ3v) is 6.90. The van der Waals surface area contributed by atoms with Crippen molar-refractivity contribution >= 4 is 46.4 Å². The van der Waals surface area contributed by atoms with Crippen LogP contribution < -0.4 is 5.32 Å². The van der Waals surface area contributed by atoms with Gasteiger partial charge < -0.3 is 15.0 Å². The van der Waals surface area contributed by atoms with Crippen molar-refractivity contribution in [2.75, 3.05) is 18.2 Å². The molecule has 6 nitrogen and oxygen atoms in total. The Morgan fingerprint density at radius 1 is 1.30 bits per heavy atom. The van der Waals surface area contributed by atoms with E-state index in [2.05, 4.69) is 5.32 Å². The fraction of sp³-hybridized carbons (Fsp3) is 0.316. The Kier molecular flexibility index (Phi) is 5.57. The van der Waals surface area contributed by atoms with Gasteiger partial charge in [0, 0.05) is 10.6 Å². The summed E-state index contributed by atoms with van der Waals surface area (Å²) in [6.45, 7) is 3.80. The predicted molar refractivity (Wildman–Crippen MR) is 108 cm³/mol. The number of hydrogen-bond acceptors (Lipinski definition) is 6. The first-order valence-corrected chi connectivity index (χ1v) is 10.1. The number of anilines is 1. The minimum absolute atomic E-state index is 0.303. The van der Waals surface area contributed by atoms with Gasteiger partial charge in [-0.15, -0.1) is 23.1 Å². The Bertz CT molecular complexity index is 864. The van der Waals surface area contributed by atoms with Crippen molar-refractivity contribution in [1.29, 1.82) is 0 Å². The van der Waals surface area contributed by atoms with E-state index >= 15 is 0 Å². The molecule has 1 aliphatic rings. The summed E-state index contributed by atoms with van der Waals surface area (Å²) in [7, 11) is 1.30. The van der Waals surface area contributed by atoms with E-state index < -0.39 is 16.9 Å². The number of esters is 1. The summed E-state index contributed by atoms with van der Waals surface area (Å²) >= 11 is 2.85. The van der Waals surface area contributed by atoms with Gasteiger partial charge in [0.2, 0.25) is 12.3 Å². The molecule has 1 N–H and O–H groups in total. The van der Waals surface area contributed by atoms with Gasteiger partial charge in [-0.1, -0.05) is 30.3 Å². The summed E-state index contributed by atoms with van der Waals surface area (Å²) in [4.78, 5) is 38.4. The summed E-state index contributed by atoms with van der Waals surface area (Å²) < 4.78 is 4.85. The average molecular weight is 405 g/mol. The van der Waals surface area contributed by atoms with Gasteiger partial charge in [-0.3, -0.25) is 9.59 Å². The molecule has 1 saturated heterocycles. The number of methoxy groups -OCH3 is 1. The van der Waals surface area contributed by atoms with E-state index in [1.54, 1.807) is 17.8 Å². The number of benzene rings is 1. The minimum Gasteiger partial charge on any atom is -0.465 e. The van der Waals surface area contributed by atoms with Crippen LogP contribution in [0.25, 0.3) is 10.4 Å². The van der Waals surface area contributed by atoms with E-state index in [4.69, 9.17) is 4.74 Å². The fourth-order valence-corrected chi connectivity index (χ4v) is 5.15. The molecule has 0 aliphatic carbocycles. The number of ether oxygens (including phenoxy) is 1. The lowest BCUT2D eigenvalue weighted by atomic mass is 10.1. The Labute approximate surface area is 165 Å². The number of nitrogens with zero attached hydrogens (tertiary/aromatic N) is 1. The number of rotatable bonds is 5. The summed E-state index contributed by atoms with van der Waals surface area (Å²) in [5.74, 6) is -0.328. The first kappa shape index (κ1) is 19.4. The average Bonchev–Trinajstić information content (AvgIpc) is 3.21. The molecule has 27 heavy (non-hydrogen) atoms. The largest absolute Gasteiger partial charge is 0.465 e. The molecular weight excluding hydrogens is 384 g/mol. The van der Waals surface area contributed by atoms with Crippen LogP contribution >= 0.6 is 23.1 Å². The van der Waals surface area contributed by atoms with Crippen molar-refractivity contribution in [3.05, 3.63) is 42.0 Å². The molecule has 0 saturated carbocycles. The molecule has 1 unspecified atom stereocenters. The third-order valence-electron chi connectivity index (χ3n) is 4.40. The van der Waals surface area contributed by atoms with Crippen LogP contribution in [0.4, 0.5) is 5.00 Å². The van der Waals surface area contributed by atoms with Crippen LogP contribution in [0, 0.1) is 0 Å². The molecule has 2 heterocycles. The Hall–Kier alpha value is -2.32. The van der Waals surface area contributed by atoms with Crippen molar-refractivity contribution in [3.8, 4) is 10.4 Å². The maximum absolute atomic E-state index is 12.8. The number of hydrogen-bond donors (Lipinski definition) is 1. The number of thioether (sulfide) groups is 1. The fourth-order valence-electron chi connectivity index (χ4n) is 2.90. The molecule has 0 radical (unpaired) electrons. The molecule has 1 aliphatic heterocycles. The first-order chi connectivity index (χ1) is 12.9. The molecule has 1 aromatic heterocycles. The summed E-state index contributed by atoms with van der Waals surface area (Å²) in [5.41, 5.74) is 1.25. The van der Waals surface area contributed by atoms with Gasteiger partial charge in [-0.25, -0.2) is 4.79 Å². The lowest BCUT2D eigenvalue weighted by Gasteiger charge is -2.30. The van der Waals surface area contributed by atoms with Crippen LogP contribution in [0.2, 0.25) is 0 Å². The topological polar surface area (TPSA) is 75.7 Å². The lowest BCUT2D eigenvalue weighted by molar-refractivity contribution is -0.130. The first-order valence-electron chi connectivity index (χ1n) is 8.33. The third kappa shape index (κ3) is 3.86. The lowest BCUT2D eigenvalue weighted by Crippen LogP contribution is -2.47. The van der Waals surface area contributed by atoms with E-state index in [1.165, 1.54) is 23.3 Å². The van der Waals surface area contributed by atoms with Gasteiger partial charge in [0.25, 0.3) is 0 Å². The second-order valence-electron chi connectivity index (χ2n) is 6.49. The van der Waals surface area contributed by atoms with Gasteiger partial charge >= 0.3 is 5.97 Å². The second-order valence-corrected chi connectivity index (χ2v) is 9.16. The van der Waals surface area contributed by atoms with E-state index in [-0.39, 0.29) is 5.91 Å². The van der Waals surface area contributed by atoms with Crippen LogP contribution in [-0.4, -0.2) is 47.0 Å². The van der Waals surface area contributed by atoms with Crippen molar-refractivity contribution in [2.24, 2.45) is 0 Å². The molecule has 0 bridgehead atoms. The zero-order valence-electron chi connectivity index (χ0n) is 15.2. The highest BCUT2D eigenvalue weighted by Gasteiger charge is 2.43. The SMILES string of the molecule is COC(=O)c1cc(-c2ccccc2)sc1NC(=O)C1CSC(C)(C)N1C=O. The highest BCUT2D eigenvalue weighted by molar-refractivity contribution is 8.00.